The van der Waals surface area contributed by atoms with Gasteiger partial charge in [-0.05, 0) is 33.1 Å². The van der Waals surface area contributed by atoms with Gasteiger partial charge in [0.15, 0.2) is 0 Å². The van der Waals surface area contributed by atoms with E-state index in [0.29, 0.717) is 5.92 Å². The predicted octanol–water partition coefficient (Wildman–Crippen LogP) is 3.42. The zero-order chi connectivity index (χ0) is 14.5. The summed E-state index contributed by atoms with van der Waals surface area (Å²) < 4.78 is 5.14. The van der Waals surface area contributed by atoms with Gasteiger partial charge in [-0.3, -0.25) is 0 Å². The van der Waals surface area contributed by atoms with Gasteiger partial charge < -0.3 is 10.1 Å². The lowest BCUT2D eigenvalue weighted by molar-refractivity contribution is 0.202. The Balaban J connectivity index is 2.76. The maximum atomic E-state index is 5.14. The first kappa shape index (κ1) is 16.6. The third-order valence-electron chi connectivity index (χ3n) is 2.72. The average Bonchev–Trinajstić information content (AvgIpc) is 2.64. The van der Waals surface area contributed by atoms with E-state index in [4.69, 9.17) is 9.72 Å². The van der Waals surface area contributed by atoms with E-state index in [0.717, 1.165) is 26.0 Å². The summed E-state index contributed by atoms with van der Waals surface area (Å²) >= 11 is 1.83. The van der Waals surface area contributed by atoms with Crippen LogP contribution >= 0.6 is 11.3 Å². The molecule has 0 amide bonds. The third-order valence-corrected chi connectivity index (χ3v) is 3.88. The number of nitrogens with one attached hydrogen (secondary N) is 1. The van der Waals surface area contributed by atoms with E-state index in [1.165, 1.54) is 15.6 Å². The molecule has 1 aromatic heterocycles. The molecule has 3 nitrogen and oxygen atoms in total. The van der Waals surface area contributed by atoms with Crippen LogP contribution in [0, 0.1) is 5.92 Å². The molecule has 0 fully saturated rings. The van der Waals surface area contributed by atoms with Crippen LogP contribution in [0.1, 0.15) is 50.2 Å². The Bertz CT molecular complexity index is 380. The van der Waals surface area contributed by atoms with Gasteiger partial charge in [0.2, 0.25) is 0 Å². The molecule has 0 aliphatic heterocycles. The lowest BCUT2D eigenvalue weighted by Crippen LogP contribution is -2.35. The summed E-state index contributed by atoms with van der Waals surface area (Å²) in [6.07, 6.45) is 1.98. The second-order valence-electron chi connectivity index (χ2n) is 6.42. The molecule has 1 rings (SSSR count). The molecule has 0 spiro atoms. The molecule has 0 atom stereocenters. The summed E-state index contributed by atoms with van der Waals surface area (Å²) in [6, 6.07) is 0. The molecule has 1 N–H and O–H groups in total. The number of hydrogen-bond acceptors (Lipinski definition) is 4. The molecule has 1 heterocycles. The van der Waals surface area contributed by atoms with Crippen molar-refractivity contribution in [2.24, 2.45) is 5.92 Å². The number of rotatable bonds is 7. The first-order valence-corrected chi connectivity index (χ1v) is 7.85. The molecular formula is C15H28N2OS. The van der Waals surface area contributed by atoms with E-state index < -0.39 is 0 Å². The number of nitrogens with zero attached hydrogens (tertiary/aromatic N) is 1. The predicted molar refractivity (Wildman–Crippen MR) is 82.8 cm³/mol. The summed E-state index contributed by atoms with van der Waals surface area (Å²) in [5.41, 5.74) is 1.41. The maximum Gasteiger partial charge on any atom is 0.0954 e. The van der Waals surface area contributed by atoms with Crippen molar-refractivity contribution < 1.29 is 4.74 Å². The highest BCUT2D eigenvalue weighted by molar-refractivity contribution is 7.11. The highest BCUT2D eigenvalue weighted by Crippen LogP contribution is 2.22. The molecule has 0 aromatic carbocycles. The Morgan fingerprint density at radius 3 is 2.53 bits per heavy atom. The first-order chi connectivity index (χ1) is 8.81. The van der Waals surface area contributed by atoms with Gasteiger partial charge >= 0.3 is 0 Å². The Kier molecular flexibility index (Phi) is 6.43. The summed E-state index contributed by atoms with van der Waals surface area (Å²) in [6.45, 7) is 12.7. The lowest BCUT2D eigenvalue weighted by atomic mass is 10.1. The number of thiazole rings is 1. The molecule has 0 aliphatic carbocycles. The molecule has 0 saturated carbocycles. The van der Waals surface area contributed by atoms with Gasteiger partial charge in [0, 0.05) is 30.5 Å². The SMILES string of the molecule is COCCc1nc(CC(C)C)c(CNC(C)(C)C)s1. The second-order valence-corrected chi connectivity index (χ2v) is 7.59. The summed E-state index contributed by atoms with van der Waals surface area (Å²) in [4.78, 5) is 6.17. The molecule has 0 saturated heterocycles. The molecule has 0 unspecified atom stereocenters. The Morgan fingerprint density at radius 2 is 2.00 bits per heavy atom. The molecule has 1 aromatic rings. The van der Waals surface area contributed by atoms with Gasteiger partial charge in [0.05, 0.1) is 17.3 Å². The van der Waals surface area contributed by atoms with E-state index >= 15 is 0 Å². The van der Waals surface area contributed by atoms with Crippen molar-refractivity contribution in [3.63, 3.8) is 0 Å². The normalized spacial score (nSPS) is 12.4. The van der Waals surface area contributed by atoms with Gasteiger partial charge in [0.1, 0.15) is 0 Å². The van der Waals surface area contributed by atoms with Crippen LogP contribution in [0.3, 0.4) is 0 Å². The summed E-state index contributed by atoms with van der Waals surface area (Å²) in [7, 11) is 1.74. The first-order valence-electron chi connectivity index (χ1n) is 7.03. The van der Waals surface area contributed by atoms with Crippen molar-refractivity contribution in [2.75, 3.05) is 13.7 Å². The van der Waals surface area contributed by atoms with Gasteiger partial charge in [-0.2, -0.15) is 0 Å². The van der Waals surface area contributed by atoms with Crippen LogP contribution in [0.15, 0.2) is 0 Å². The van der Waals surface area contributed by atoms with Crippen LogP contribution in [0.5, 0.6) is 0 Å². The van der Waals surface area contributed by atoms with E-state index in [2.05, 4.69) is 39.9 Å². The van der Waals surface area contributed by atoms with Crippen molar-refractivity contribution in [1.29, 1.82) is 0 Å². The van der Waals surface area contributed by atoms with E-state index in [9.17, 15) is 0 Å². The van der Waals surface area contributed by atoms with Gasteiger partial charge in [-0.1, -0.05) is 13.8 Å². The molecule has 110 valence electrons. The van der Waals surface area contributed by atoms with Crippen molar-refractivity contribution in [1.82, 2.24) is 10.3 Å². The standard InChI is InChI=1S/C15H28N2OS/c1-11(2)9-12-13(10-16-15(3,4)5)19-14(17-12)7-8-18-6/h11,16H,7-10H2,1-6H3. The second kappa shape index (κ2) is 7.36. The van der Waals surface area contributed by atoms with Crippen molar-refractivity contribution >= 4 is 11.3 Å². The zero-order valence-corrected chi connectivity index (χ0v) is 14.0. The van der Waals surface area contributed by atoms with Crippen LogP contribution in [0.2, 0.25) is 0 Å². The highest BCUT2D eigenvalue weighted by atomic mass is 32.1. The molecule has 0 aliphatic rings. The number of methoxy groups -OCH3 is 1. The quantitative estimate of drug-likeness (QED) is 0.833. The fraction of sp³-hybridized carbons (Fsp3) is 0.800. The van der Waals surface area contributed by atoms with Gasteiger partial charge in [-0.25, -0.2) is 4.98 Å². The molecule has 0 radical (unpaired) electrons. The minimum Gasteiger partial charge on any atom is -0.384 e. The van der Waals surface area contributed by atoms with E-state index in [-0.39, 0.29) is 5.54 Å². The Morgan fingerprint density at radius 1 is 1.32 bits per heavy atom. The van der Waals surface area contributed by atoms with E-state index in [1.54, 1.807) is 7.11 Å². The highest BCUT2D eigenvalue weighted by Gasteiger charge is 2.15. The Labute approximate surface area is 121 Å². The minimum atomic E-state index is 0.145. The smallest absolute Gasteiger partial charge is 0.0954 e. The minimum absolute atomic E-state index is 0.145. The van der Waals surface area contributed by atoms with Crippen molar-refractivity contribution in [3.8, 4) is 0 Å². The van der Waals surface area contributed by atoms with Gasteiger partial charge in [-0.15, -0.1) is 11.3 Å². The monoisotopic (exact) mass is 284 g/mol. The van der Waals surface area contributed by atoms with Crippen molar-refractivity contribution in [2.45, 2.75) is 59.5 Å². The van der Waals surface area contributed by atoms with Gasteiger partial charge in [0.25, 0.3) is 0 Å². The fourth-order valence-electron chi connectivity index (χ4n) is 1.76. The number of ether oxygens (including phenoxy) is 1. The summed E-state index contributed by atoms with van der Waals surface area (Å²) in [5, 5.41) is 4.76. The number of hydrogen-bond donors (Lipinski definition) is 1. The summed E-state index contributed by atoms with van der Waals surface area (Å²) in [5.74, 6) is 0.644. The molecule has 19 heavy (non-hydrogen) atoms. The van der Waals surface area contributed by atoms with Crippen LogP contribution in [0.4, 0.5) is 0 Å². The van der Waals surface area contributed by atoms with Crippen molar-refractivity contribution in [3.05, 3.63) is 15.6 Å². The Hall–Kier alpha value is -0.450. The molecule has 4 heteroatoms. The van der Waals surface area contributed by atoms with Crippen LogP contribution in [-0.4, -0.2) is 24.2 Å². The van der Waals surface area contributed by atoms with Crippen LogP contribution in [-0.2, 0) is 24.1 Å². The topological polar surface area (TPSA) is 34.1 Å². The number of aromatic nitrogens is 1. The maximum absolute atomic E-state index is 5.14. The van der Waals surface area contributed by atoms with Crippen LogP contribution < -0.4 is 5.32 Å². The largest absolute Gasteiger partial charge is 0.384 e. The van der Waals surface area contributed by atoms with E-state index in [1.807, 2.05) is 11.3 Å². The third kappa shape index (κ3) is 6.50. The average molecular weight is 284 g/mol. The lowest BCUT2D eigenvalue weighted by Gasteiger charge is -2.20. The van der Waals surface area contributed by atoms with Crippen LogP contribution in [0.25, 0.3) is 0 Å². The zero-order valence-electron chi connectivity index (χ0n) is 13.2. The molecular weight excluding hydrogens is 256 g/mol. The fourth-order valence-corrected chi connectivity index (χ4v) is 2.78. The molecule has 0 bridgehead atoms.